The van der Waals surface area contributed by atoms with Gasteiger partial charge in [0.15, 0.2) is 0 Å². The monoisotopic (exact) mass is 292 g/mol. The van der Waals surface area contributed by atoms with Crippen LogP contribution in [0, 0.1) is 0 Å². The van der Waals surface area contributed by atoms with E-state index in [1.54, 1.807) is 4.40 Å². The summed E-state index contributed by atoms with van der Waals surface area (Å²) >= 11 is 0. The number of nitrogens with two attached hydrogens (primary N) is 1. The molecule has 5 heteroatoms. The molecule has 110 valence electrons. The summed E-state index contributed by atoms with van der Waals surface area (Å²) in [5.41, 5.74) is 10.1. The SMILES string of the molecule is NC(=O)c1c(C2CNCc3ccccc32)nc2ccccn12. The molecule has 1 aliphatic rings. The minimum atomic E-state index is -0.447. The lowest BCUT2D eigenvalue weighted by Crippen LogP contribution is -2.30. The first-order valence-electron chi connectivity index (χ1n) is 7.31. The molecule has 0 fully saturated rings. The first-order chi connectivity index (χ1) is 10.8. The van der Waals surface area contributed by atoms with E-state index in [4.69, 9.17) is 5.73 Å². The summed E-state index contributed by atoms with van der Waals surface area (Å²) in [5.74, 6) is -0.413. The van der Waals surface area contributed by atoms with Crippen molar-refractivity contribution in [3.63, 3.8) is 0 Å². The number of hydrogen-bond donors (Lipinski definition) is 2. The van der Waals surface area contributed by atoms with Gasteiger partial charge >= 0.3 is 0 Å². The van der Waals surface area contributed by atoms with Crippen LogP contribution in [-0.4, -0.2) is 21.8 Å². The molecule has 1 atom stereocenters. The van der Waals surface area contributed by atoms with Crippen molar-refractivity contribution in [1.29, 1.82) is 0 Å². The molecule has 0 radical (unpaired) electrons. The maximum absolute atomic E-state index is 12.0. The largest absolute Gasteiger partial charge is 0.364 e. The van der Waals surface area contributed by atoms with Crippen molar-refractivity contribution in [1.82, 2.24) is 14.7 Å². The molecule has 4 rings (SSSR count). The van der Waals surface area contributed by atoms with Crippen LogP contribution in [0.4, 0.5) is 0 Å². The second kappa shape index (κ2) is 4.96. The van der Waals surface area contributed by atoms with Crippen LogP contribution < -0.4 is 11.1 Å². The summed E-state index contributed by atoms with van der Waals surface area (Å²) in [4.78, 5) is 16.7. The number of primary amides is 1. The molecule has 5 nitrogen and oxygen atoms in total. The predicted octanol–water partition coefficient (Wildman–Crippen LogP) is 1.67. The van der Waals surface area contributed by atoms with Crippen LogP contribution in [0.5, 0.6) is 0 Å². The number of carbonyl (C=O) groups excluding carboxylic acids is 1. The lowest BCUT2D eigenvalue weighted by atomic mass is 9.87. The van der Waals surface area contributed by atoms with E-state index in [1.807, 2.05) is 36.5 Å². The van der Waals surface area contributed by atoms with Crippen LogP contribution in [0.3, 0.4) is 0 Å². The summed E-state index contributed by atoms with van der Waals surface area (Å²) in [6.07, 6.45) is 1.83. The van der Waals surface area contributed by atoms with Crippen molar-refractivity contribution in [2.75, 3.05) is 6.54 Å². The van der Waals surface area contributed by atoms with Crippen molar-refractivity contribution in [3.8, 4) is 0 Å². The molecule has 1 aliphatic heterocycles. The summed E-state index contributed by atoms with van der Waals surface area (Å²) in [5, 5.41) is 3.40. The fraction of sp³-hybridized carbons (Fsp3) is 0.176. The number of amides is 1. The molecule has 1 aromatic carbocycles. The third-order valence-corrected chi connectivity index (χ3v) is 4.21. The molecule has 0 aliphatic carbocycles. The van der Waals surface area contributed by atoms with Crippen LogP contribution in [0.1, 0.15) is 33.2 Å². The van der Waals surface area contributed by atoms with Gasteiger partial charge in [0.05, 0.1) is 5.69 Å². The molecule has 0 bridgehead atoms. The van der Waals surface area contributed by atoms with E-state index in [1.165, 1.54) is 11.1 Å². The number of pyridine rings is 1. The number of imidazole rings is 1. The van der Waals surface area contributed by atoms with Gasteiger partial charge in [-0.2, -0.15) is 0 Å². The summed E-state index contributed by atoms with van der Waals surface area (Å²) in [7, 11) is 0. The molecule has 2 aromatic heterocycles. The number of nitrogens with one attached hydrogen (secondary N) is 1. The first-order valence-corrected chi connectivity index (χ1v) is 7.31. The zero-order chi connectivity index (χ0) is 15.1. The van der Waals surface area contributed by atoms with Gasteiger partial charge in [0.2, 0.25) is 0 Å². The normalized spacial score (nSPS) is 17.4. The van der Waals surface area contributed by atoms with Crippen molar-refractivity contribution in [3.05, 3.63) is 71.2 Å². The number of rotatable bonds is 2. The summed E-state index contributed by atoms with van der Waals surface area (Å²) in [6.45, 7) is 1.59. The van der Waals surface area contributed by atoms with Gasteiger partial charge in [0.25, 0.3) is 5.91 Å². The van der Waals surface area contributed by atoms with Crippen molar-refractivity contribution in [2.45, 2.75) is 12.5 Å². The average molecular weight is 292 g/mol. The zero-order valence-electron chi connectivity index (χ0n) is 12.0. The third kappa shape index (κ3) is 1.90. The molecule has 22 heavy (non-hydrogen) atoms. The Bertz CT molecular complexity index is 868. The molecule has 3 N–H and O–H groups in total. The van der Waals surface area contributed by atoms with Crippen LogP contribution >= 0.6 is 0 Å². The molecule has 1 unspecified atom stereocenters. The minimum absolute atomic E-state index is 0.0346. The van der Waals surface area contributed by atoms with E-state index in [0.717, 1.165) is 24.4 Å². The van der Waals surface area contributed by atoms with Crippen LogP contribution in [0.2, 0.25) is 0 Å². The average Bonchev–Trinajstić information content (AvgIpc) is 2.93. The zero-order valence-corrected chi connectivity index (χ0v) is 12.0. The van der Waals surface area contributed by atoms with Crippen molar-refractivity contribution in [2.24, 2.45) is 5.73 Å². The van der Waals surface area contributed by atoms with E-state index in [0.29, 0.717) is 5.69 Å². The number of aromatic nitrogens is 2. The van der Waals surface area contributed by atoms with Crippen molar-refractivity contribution >= 4 is 11.6 Å². The Morgan fingerprint density at radius 1 is 1.23 bits per heavy atom. The Morgan fingerprint density at radius 2 is 2.05 bits per heavy atom. The molecule has 3 heterocycles. The van der Waals surface area contributed by atoms with E-state index >= 15 is 0 Å². The highest BCUT2D eigenvalue weighted by Gasteiger charge is 2.28. The maximum atomic E-state index is 12.0. The van der Waals surface area contributed by atoms with Gasteiger partial charge in [-0.25, -0.2) is 4.98 Å². The highest BCUT2D eigenvalue weighted by atomic mass is 16.1. The van der Waals surface area contributed by atoms with Gasteiger partial charge in [-0.05, 0) is 23.3 Å². The van der Waals surface area contributed by atoms with E-state index in [2.05, 4.69) is 22.4 Å². The Kier molecular flexibility index (Phi) is 2.94. The fourth-order valence-corrected chi connectivity index (χ4v) is 3.24. The quantitative estimate of drug-likeness (QED) is 0.754. The number of nitrogens with zero attached hydrogens (tertiary/aromatic N) is 2. The van der Waals surface area contributed by atoms with Gasteiger partial charge < -0.3 is 11.1 Å². The lowest BCUT2D eigenvalue weighted by molar-refractivity contribution is 0.0993. The van der Waals surface area contributed by atoms with Crippen LogP contribution in [0.25, 0.3) is 5.65 Å². The summed E-state index contributed by atoms with van der Waals surface area (Å²) < 4.78 is 1.77. The molecule has 0 saturated heterocycles. The molecule has 3 aromatic rings. The Morgan fingerprint density at radius 3 is 2.91 bits per heavy atom. The second-order valence-electron chi connectivity index (χ2n) is 5.52. The molecular formula is C17H16N4O. The van der Waals surface area contributed by atoms with E-state index in [-0.39, 0.29) is 5.92 Å². The van der Waals surface area contributed by atoms with Gasteiger partial charge in [0.1, 0.15) is 11.3 Å². The number of benzene rings is 1. The smallest absolute Gasteiger partial charge is 0.267 e. The third-order valence-electron chi connectivity index (χ3n) is 4.21. The molecule has 1 amide bonds. The molecule has 0 spiro atoms. The minimum Gasteiger partial charge on any atom is -0.364 e. The fourth-order valence-electron chi connectivity index (χ4n) is 3.24. The topological polar surface area (TPSA) is 72.4 Å². The number of hydrogen-bond acceptors (Lipinski definition) is 3. The van der Waals surface area contributed by atoms with E-state index < -0.39 is 5.91 Å². The lowest BCUT2D eigenvalue weighted by Gasteiger charge is -2.25. The Labute approximate surface area is 127 Å². The van der Waals surface area contributed by atoms with Gasteiger partial charge in [-0.15, -0.1) is 0 Å². The van der Waals surface area contributed by atoms with Gasteiger partial charge in [0, 0.05) is 25.2 Å². The first kappa shape index (κ1) is 13.0. The highest BCUT2D eigenvalue weighted by Crippen LogP contribution is 2.31. The van der Waals surface area contributed by atoms with Crippen LogP contribution in [0.15, 0.2) is 48.7 Å². The predicted molar refractivity (Wildman–Crippen MR) is 83.7 cm³/mol. The number of carbonyl (C=O) groups is 1. The van der Waals surface area contributed by atoms with Gasteiger partial charge in [-0.3, -0.25) is 9.20 Å². The Hall–Kier alpha value is -2.66. The molecular weight excluding hydrogens is 276 g/mol. The Balaban J connectivity index is 1.96. The van der Waals surface area contributed by atoms with Crippen LogP contribution in [-0.2, 0) is 6.54 Å². The van der Waals surface area contributed by atoms with E-state index in [9.17, 15) is 4.79 Å². The summed E-state index contributed by atoms with van der Waals surface area (Å²) in [6, 6.07) is 13.9. The molecule has 0 saturated carbocycles. The second-order valence-corrected chi connectivity index (χ2v) is 5.52. The maximum Gasteiger partial charge on any atom is 0.267 e. The number of fused-ring (bicyclic) bond motifs is 2. The standard InChI is InChI=1S/C17H16N4O/c18-17(22)16-15(20-14-7-3-4-8-21(14)16)13-10-19-9-11-5-1-2-6-12(11)13/h1-8,13,19H,9-10H2,(H2,18,22). The van der Waals surface area contributed by atoms with Gasteiger partial charge in [-0.1, -0.05) is 30.3 Å². The van der Waals surface area contributed by atoms with Crippen molar-refractivity contribution < 1.29 is 4.79 Å². The highest BCUT2D eigenvalue weighted by molar-refractivity contribution is 5.93.